The van der Waals surface area contributed by atoms with Gasteiger partial charge in [-0.15, -0.1) is 0 Å². The lowest BCUT2D eigenvalue weighted by Crippen LogP contribution is -2.28. The van der Waals surface area contributed by atoms with E-state index in [0.717, 1.165) is 18.4 Å². The van der Waals surface area contributed by atoms with E-state index in [1.165, 1.54) is 5.56 Å². The van der Waals surface area contributed by atoms with Crippen LogP contribution in [0.5, 0.6) is 0 Å². The summed E-state index contributed by atoms with van der Waals surface area (Å²) in [4.78, 5) is 11.7. The average Bonchev–Trinajstić information content (AvgIpc) is 3.31. The third-order valence-corrected chi connectivity index (χ3v) is 3.62. The molecule has 0 aromatic heterocycles. The highest BCUT2D eigenvalue weighted by molar-refractivity contribution is 5.67. The van der Waals surface area contributed by atoms with Crippen molar-refractivity contribution >= 4 is 6.09 Å². The quantitative estimate of drug-likeness (QED) is 0.833. The standard InChI is InChI=1S/C18H19NO3/c20-18(21-13-15-9-5-2-6-10-15)19-17-16(22-17)12-11-14-7-3-1-4-8-14/h1-10,16-17H,11-13H2,(H,19,20)/t16-,17?/m0/s1. The number of benzene rings is 2. The number of carbonyl (C=O) groups is 1. The zero-order valence-electron chi connectivity index (χ0n) is 12.3. The molecular formula is C18H19NO3. The second-order valence-corrected chi connectivity index (χ2v) is 5.33. The predicted octanol–water partition coefficient (Wildman–Crippen LogP) is 3.27. The number of amides is 1. The molecule has 0 radical (unpaired) electrons. The molecule has 1 aliphatic heterocycles. The molecule has 3 rings (SSSR count). The Labute approximate surface area is 130 Å². The van der Waals surface area contributed by atoms with Gasteiger partial charge in [-0.2, -0.15) is 0 Å². The first-order valence-corrected chi connectivity index (χ1v) is 7.48. The summed E-state index contributed by atoms with van der Waals surface area (Å²) in [7, 11) is 0. The van der Waals surface area contributed by atoms with Crippen molar-refractivity contribution in [2.75, 3.05) is 0 Å². The second-order valence-electron chi connectivity index (χ2n) is 5.33. The van der Waals surface area contributed by atoms with Gasteiger partial charge in [0.05, 0.1) is 0 Å². The Bertz CT molecular complexity index is 600. The van der Waals surface area contributed by atoms with Crippen molar-refractivity contribution < 1.29 is 14.3 Å². The van der Waals surface area contributed by atoms with E-state index in [1.807, 2.05) is 48.5 Å². The summed E-state index contributed by atoms with van der Waals surface area (Å²) in [6.45, 7) is 0.272. The first-order chi connectivity index (χ1) is 10.8. The third-order valence-electron chi connectivity index (χ3n) is 3.62. The number of epoxide rings is 1. The molecule has 2 aromatic rings. The van der Waals surface area contributed by atoms with Crippen molar-refractivity contribution in [3.63, 3.8) is 0 Å². The van der Waals surface area contributed by atoms with Gasteiger partial charge in [0.2, 0.25) is 0 Å². The molecule has 1 saturated heterocycles. The predicted molar refractivity (Wildman–Crippen MR) is 83.2 cm³/mol. The van der Waals surface area contributed by atoms with Crippen LogP contribution in [0.3, 0.4) is 0 Å². The molecule has 4 nitrogen and oxygen atoms in total. The van der Waals surface area contributed by atoms with E-state index in [2.05, 4.69) is 17.4 Å². The van der Waals surface area contributed by atoms with Crippen LogP contribution in [-0.2, 0) is 22.5 Å². The lowest BCUT2D eigenvalue weighted by atomic mass is 10.1. The van der Waals surface area contributed by atoms with Crippen molar-refractivity contribution in [2.45, 2.75) is 31.8 Å². The summed E-state index contributed by atoms with van der Waals surface area (Å²) in [5, 5.41) is 2.73. The monoisotopic (exact) mass is 297 g/mol. The van der Waals surface area contributed by atoms with Crippen LogP contribution in [0.25, 0.3) is 0 Å². The maximum Gasteiger partial charge on any atom is 0.409 e. The SMILES string of the molecule is O=C(NC1O[C@H]1CCc1ccccc1)OCc1ccccc1. The molecule has 0 saturated carbocycles. The topological polar surface area (TPSA) is 50.9 Å². The van der Waals surface area contributed by atoms with Crippen molar-refractivity contribution in [1.29, 1.82) is 0 Å². The van der Waals surface area contributed by atoms with Gasteiger partial charge >= 0.3 is 6.09 Å². The number of aryl methyl sites for hydroxylation is 1. The fourth-order valence-corrected chi connectivity index (χ4v) is 2.32. The summed E-state index contributed by atoms with van der Waals surface area (Å²) < 4.78 is 10.6. The third kappa shape index (κ3) is 4.33. The van der Waals surface area contributed by atoms with Gasteiger partial charge in [-0.3, -0.25) is 5.32 Å². The maximum absolute atomic E-state index is 11.7. The van der Waals surface area contributed by atoms with Gasteiger partial charge in [0.25, 0.3) is 0 Å². The van der Waals surface area contributed by atoms with E-state index < -0.39 is 6.09 Å². The Morgan fingerprint density at radius 1 is 1.00 bits per heavy atom. The van der Waals surface area contributed by atoms with Gasteiger partial charge in [-0.05, 0) is 24.0 Å². The lowest BCUT2D eigenvalue weighted by molar-refractivity contribution is 0.135. The first-order valence-electron chi connectivity index (χ1n) is 7.48. The van der Waals surface area contributed by atoms with E-state index in [0.29, 0.717) is 0 Å². The molecule has 1 fully saturated rings. The number of carbonyl (C=O) groups excluding carboxylic acids is 1. The molecular weight excluding hydrogens is 278 g/mol. The molecule has 1 heterocycles. The van der Waals surface area contributed by atoms with Gasteiger partial charge < -0.3 is 9.47 Å². The molecule has 0 bridgehead atoms. The molecule has 2 aromatic carbocycles. The van der Waals surface area contributed by atoms with Gasteiger partial charge in [-0.25, -0.2) is 4.79 Å². The van der Waals surface area contributed by atoms with Crippen molar-refractivity contribution in [3.05, 3.63) is 71.8 Å². The minimum Gasteiger partial charge on any atom is -0.445 e. The molecule has 4 heteroatoms. The highest BCUT2D eigenvalue weighted by Crippen LogP contribution is 2.24. The molecule has 114 valence electrons. The van der Waals surface area contributed by atoms with Crippen LogP contribution in [0.1, 0.15) is 17.5 Å². The van der Waals surface area contributed by atoms with E-state index in [9.17, 15) is 4.79 Å². The van der Waals surface area contributed by atoms with Gasteiger partial charge in [-0.1, -0.05) is 60.7 Å². The van der Waals surface area contributed by atoms with Crippen LogP contribution in [0.15, 0.2) is 60.7 Å². The van der Waals surface area contributed by atoms with E-state index in [4.69, 9.17) is 9.47 Å². The van der Waals surface area contributed by atoms with E-state index >= 15 is 0 Å². The van der Waals surface area contributed by atoms with Gasteiger partial charge in [0.1, 0.15) is 12.7 Å². The number of ether oxygens (including phenoxy) is 2. The zero-order chi connectivity index (χ0) is 15.2. The van der Waals surface area contributed by atoms with Crippen LogP contribution < -0.4 is 5.32 Å². The number of alkyl carbamates (subject to hydrolysis) is 1. The summed E-state index contributed by atoms with van der Waals surface area (Å²) in [6, 6.07) is 19.9. The Morgan fingerprint density at radius 3 is 2.32 bits per heavy atom. The largest absolute Gasteiger partial charge is 0.445 e. The Balaban J connectivity index is 1.34. The van der Waals surface area contributed by atoms with Crippen molar-refractivity contribution in [2.24, 2.45) is 0 Å². The number of rotatable bonds is 6. The Morgan fingerprint density at radius 2 is 1.64 bits per heavy atom. The first kappa shape index (κ1) is 14.6. The highest BCUT2D eigenvalue weighted by atomic mass is 16.6. The van der Waals surface area contributed by atoms with E-state index in [-0.39, 0.29) is 18.9 Å². The minimum atomic E-state index is -0.434. The number of hydrogen-bond acceptors (Lipinski definition) is 3. The van der Waals surface area contributed by atoms with Crippen LogP contribution >= 0.6 is 0 Å². The number of hydrogen-bond donors (Lipinski definition) is 1. The summed E-state index contributed by atoms with van der Waals surface area (Å²) in [6.07, 6.45) is 1.28. The zero-order valence-corrected chi connectivity index (χ0v) is 12.3. The average molecular weight is 297 g/mol. The second kappa shape index (κ2) is 7.09. The molecule has 0 spiro atoms. The smallest absolute Gasteiger partial charge is 0.409 e. The summed E-state index contributed by atoms with van der Waals surface area (Å²) >= 11 is 0. The molecule has 1 N–H and O–H groups in total. The van der Waals surface area contributed by atoms with Crippen LogP contribution in [0.2, 0.25) is 0 Å². The molecule has 22 heavy (non-hydrogen) atoms. The van der Waals surface area contributed by atoms with Gasteiger partial charge in [0, 0.05) is 0 Å². The molecule has 1 aliphatic rings. The fourth-order valence-electron chi connectivity index (χ4n) is 2.32. The molecule has 2 atom stereocenters. The van der Waals surface area contributed by atoms with Crippen molar-refractivity contribution in [3.8, 4) is 0 Å². The highest BCUT2D eigenvalue weighted by Gasteiger charge is 2.39. The Hall–Kier alpha value is -2.33. The lowest BCUT2D eigenvalue weighted by Gasteiger charge is -2.05. The molecule has 1 unspecified atom stereocenters. The summed E-state index contributed by atoms with van der Waals surface area (Å²) in [5.41, 5.74) is 2.25. The molecule has 0 aliphatic carbocycles. The number of nitrogens with one attached hydrogen (secondary N) is 1. The van der Waals surface area contributed by atoms with Crippen molar-refractivity contribution in [1.82, 2.24) is 5.32 Å². The normalized spacial score (nSPS) is 19.5. The van der Waals surface area contributed by atoms with Crippen LogP contribution in [0, 0.1) is 0 Å². The van der Waals surface area contributed by atoms with Crippen LogP contribution in [0.4, 0.5) is 4.79 Å². The minimum absolute atomic E-state index is 0.0875. The Kier molecular flexibility index (Phi) is 4.71. The maximum atomic E-state index is 11.7. The summed E-state index contributed by atoms with van der Waals surface area (Å²) in [5.74, 6) is 0. The van der Waals surface area contributed by atoms with E-state index in [1.54, 1.807) is 0 Å². The molecule has 1 amide bonds. The van der Waals surface area contributed by atoms with Crippen LogP contribution in [-0.4, -0.2) is 18.4 Å². The van der Waals surface area contributed by atoms with Gasteiger partial charge in [0.15, 0.2) is 6.23 Å². The fraction of sp³-hybridized carbons (Fsp3) is 0.278.